The van der Waals surface area contributed by atoms with Crippen LogP contribution in [0.5, 0.6) is 0 Å². The molecule has 0 aliphatic carbocycles. The lowest BCUT2D eigenvalue weighted by atomic mass is 10.1. The normalized spacial score (nSPS) is 12.1. The second kappa shape index (κ2) is 11.7. The van der Waals surface area contributed by atoms with Crippen LogP contribution < -0.4 is 9.62 Å². The van der Waals surface area contributed by atoms with Gasteiger partial charge in [-0.25, -0.2) is 8.42 Å². The summed E-state index contributed by atoms with van der Waals surface area (Å²) in [6.07, 6.45) is 2.68. The number of hydrogen-bond acceptors (Lipinski definition) is 4. The van der Waals surface area contributed by atoms with Crippen LogP contribution in [0.4, 0.5) is 5.69 Å². The molecule has 2 rings (SSSR count). The van der Waals surface area contributed by atoms with Gasteiger partial charge in [-0.15, -0.1) is 0 Å². The predicted molar refractivity (Wildman–Crippen MR) is 128 cm³/mol. The molecule has 0 fully saturated rings. The van der Waals surface area contributed by atoms with E-state index in [4.69, 9.17) is 0 Å². The molecule has 1 unspecified atom stereocenters. The average Bonchev–Trinajstić information content (AvgIpc) is 2.78. The minimum Gasteiger partial charge on any atom is -0.354 e. The second-order valence-corrected chi connectivity index (χ2v) is 9.67. The smallest absolute Gasteiger partial charge is 0.244 e. The van der Waals surface area contributed by atoms with E-state index in [2.05, 4.69) is 5.32 Å². The van der Waals surface area contributed by atoms with Gasteiger partial charge in [0.05, 0.1) is 11.9 Å². The van der Waals surface area contributed by atoms with Gasteiger partial charge >= 0.3 is 0 Å². The number of nitrogens with one attached hydrogen (secondary N) is 1. The van der Waals surface area contributed by atoms with Gasteiger partial charge in [0.15, 0.2) is 0 Å². The summed E-state index contributed by atoms with van der Waals surface area (Å²) >= 11 is 0. The number of carbonyl (C=O) groups is 2. The summed E-state index contributed by atoms with van der Waals surface area (Å²) in [5.74, 6) is -0.715. The van der Waals surface area contributed by atoms with E-state index < -0.39 is 22.0 Å². The Morgan fingerprint density at radius 3 is 2.12 bits per heavy atom. The molecule has 0 saturated heterocycles. The van der Waals surface area contributed by atoms with E-state index in [1.807, 2.05) is 56.3 Å². The molecule has 174 valence electrons. The van der Waals surface area contributed by atoms with Gasteiger partial charge in [-0.2, -0.15) is 0 Å². The molecule has 2 aromatic rings. The number of amides is 2. The van der Waals surface area contributed by atoms with Gasteiger partial charge in [-0.1, -0.05) is 56.3 Å². The fourth-order valence-electron chi connectivity index (χ4n) is 3.27. The minimum absolute atomic E-state index is 0.201. The van der Waals surface area contributed by atoms with Crippen molar-refractivity contribution in [2.75, 3.05) is 23.7 Å². The highest BCUT2D eigenvalue weighted by molar-refractivity contribution is 7.92. The van der Waals surface area contributed by atoms with Crippen LogP contribution in [0.3, 0.4) is 0 Å². The molecule has 2 amide bonds. The molecule has 7 nitrogen and oxygen atoms in total. The molecule has 1 atom stereocenters. The van der Waals surface area contributed by atoms with E-state index in [9.17, 15) is 18.0 Å². The zero-order chi connectivity index (χ0) is 23.7. The third kappa shape index (κ3) is 7.09. The summed E-state index contributed by atoms with van der Waals surface area (Å²) in [7, 11) is -3.71. The Labute approximate surface area is 191 Å². The fourth-order valence-corrected chi connectivity index (χ4v) is 4.12. The van der Waals surface area contributed by atoms with Gasteiger partial charge in [-0.3, -0.25) is 13.9 Å². The number of sulfonamides is 1. The molecule has 32 heavy (non-hydrogen) atoms. The lowest BCUT2D eigenvalue weighted by Gasteiger charge is -2.31. The van der Waals surface area contributed by atoms with Crippen molar-refractivity contribution in [3.63, 3.8) is 0 Å². The fraction of sp³-hybridized carbons (Fsp3) is 0.417. The predicted octanol–water partition coefficient (Wildman–Crippen LogP) is 2.96. The third-order valence-electron chi connectivity index (χ3n) is 5.22. The molecule has 0 aliphatic heterocycles. The maximum absolute atomic E-state index is 13.4. The highest BCUT2D eigenvalue weighted by Crippen LogP contribution is 2.20. The molecule has 0 saturated carbocycles. The van der Waals surface area contributed by atoms with E-state index >= 15 is 0 Å². The van der Waals surface area contributed by atoms with Crippen molar-refractivity contribution in [2.24, 2.45) is 0 Å². The number of anilines is 1. The van der Waals surface area contributed by atoms with Crippen molar-refractivity contribution < 1.29 is 18.0 Å². The first-order valence-corrected chi connectivity index (χ1v) is 12.7. The van der Waals surface area contributed by atoms with E-state index in [1.54, 1.807) is 19.1 Å². The van der Waals surface area contributed by atoms with Crippen molar-refractivity contribution >= 4 is 27.5 Å². The van der Waals surface area contributed by atoms with Crippen molar-refractivity contribution in [2.45, 2.75) is 46.2 Å². The molecule has 0 heterocycles. The number of nitrogens with zero attached hydrogens (tertiary/aromatic N) is 2. The molecule has 8 heteroatoms. The quantitative estimate of drug-likeness (QED) is 0.560. The standard InChI is InChI=1S/C24H33N3O4S/c1-5-16-25-24(29)19(3)26(17-21-10-8-7-9-11-21)23(28)18-27(32(4,30)31)22-14-12-20(6-2)13-15-22/h7-15,19H,5-6,16-18H2,1-4H3,(H,25,29). The van der Waals surface area contributed by atoms with E-state index in [0.717, 1.165) is 34.5 Å². The molecule has 2 aromatic carbocycles. The van der Waals surface area contributed by atoms with Gasteiger partial charge in [0, 0.05) is 13.1 Å². The number of benzene rings is 2. The van der Waals surface area contributed by atoms with Crippen LogP contribution in [0, 0.1) is 0 Å². The van der Waals surface area contributed by atoms with Gasteiger partial charge in [0.25, 0.3) is 0 Å². The summed E-state index contributed by atoms with van der Waals surface area (Å²) < 4.78 is 26.1. The molecule has 0 bridgehead atoms. The zero-order valence-corrected chi connectivity index (χ0v) is 20.1. The molecule has 1 N–H and O–H groups in total. The number of hydrogen-bond donors (Lipinski definition) is 1. The van der Waals surface area contributed by atoms with Crippen LogP contribution in [-0.4, -0.2) is 50.5 Å². The number of rotatable bonds is 11. The maximum atomic E-state index is 13.4. The summed E-state index contributed by atoms with van der Waals surface area (Å²) in [5.41, 5.74) is 2.34. The first kappa shape index (κ1) is 25.4. The number of aryl methyl sites for hydroxylation is 1. The molecular weight excluding hydrogens is 426 g/mol. The van der Waals surface area contributed by atoms with Crippen LogP contribution in [-0.2, 0) is 32.6 Å². The summed E-state index contributed by atoms with van der Waals surface area (Å²) in [6, 6.07) is 15.7. The Balaban J connectivity index is 2.33. The van der Waals surface area contributed by atoms with Gasteiger partial charge in [0.1, 0.15) is 12.6 Å². The van der Waals surface area contributed by atoms with Crippen LogP contribution >= 0.6 is 0 Å². The Morgan fingerprint density at radius 1 is 0.969 bits per heavy atom. The molecule has 0 radical (unpaired) electrons. The minimum atomic E-state index is -3.71. The average molecular weight is 460 g/mol. The van der Waals surface area contributed by atoms with E-state index in [1.165, 1.54) is 4.90 Å². The SMILES string of the molecule is CCCNC(=O)C(C)N(Cc1ccccc1)C(=O)CN(c1ccc(CC)cc1)S(C)(=O)=O. The van der Waals surface area contributed by atoms with Gasteiger partial charge < -0.3 is 10.2 Å². The van der Waals surface area contributed by atoms with Crippen LogP contribution in [0.15, 0.2) is 54.6 Å². The summed E-state index contributed by atoms with van der Waals surface area (Å²) in [5, 5.41) is 2.82. The Kier molecular flexibility index (Phi) is 9.26. The first-order valence-electron chi connectivity index (χ1n) is 10.8. The van der Waals surface area contributed by atoms with E-state index in [-0.39, 0.29) is 19.0 Å². The molecular formula is C24H33N3O4S. The number of carbonyl (C=O) groups excluding carboxylic acids is 2. The third-order valence-corrected chi connectivity index (χ3v) is 6.36. The van der Waals surface area contributed by atoms with Crippen molar-refractivity contribution in [1.29, 1.82) is 0 Å². The van der Waals surface area contributed by atoms with Crippen molar-refractivity contribution in [3.8, 4) is 0 Å². The van der Waals surface area contributed by atoms with Crippen LogP contribution in [0.2, 0.25) is 0 Å². The van der Waals surface area contributed by atoms with E-state index in [0.29, 0.717) is 12.2 Å². The van der Waals surface area contributed by atoms with Gasteiger partial charge in [-0.05, 0) is 43.0 Å². The maximum Gasteiger partial charge on any atom is 0.244 e. The Morgan fingerprint density at radius 2 is 1.59 bits per heavy atom. The van der Waals surface area contributed by atoms with Crippen LogP contribution in [0.1, 0.15) is 38.3 Å². The Hall–Kier alpha value is -2.87. The van der Waals surface area contributed by atoms with Crippen molar-refractivity contribution in [1.82, 2.24) is 10.2 Å². The largest absolute Gasteiger partial charge is 0.354 e. The lowest BCUT2D eigenvalue weighted by Crippen LogP contribution is -2.51. The van der Waals surface area contributed by atoms with Crippen LogP contribution in [0.25, 0.3) is 0 Å². The summed E-state index contributed by atoms with van der Waals surface area (Å²) in [4.78, 5) is 27.4. The molecule has 0 aromatic heterocycles. The first-order chi connectivity index (χ1) is 15.2. The summed E-state index contributed by atoms with van der Waals surface area (Å²) in [6.45, 7) is 5.95. The lowest BCUT2D eigenvalue weighted by molar-refractivity contribution is -0.139. The highest BCUT2D eigenvalue weighted by Gasteiger charge is 2.29. The molecule has 0 aliphatic rings. The zero-order valence-electron chi connectivity index (χ0n) is 19.2. The Bertz CT molecular complexity index is 992. The topological polar surface area (TPSA) is 86.8 Å². The highest BCUT2D eigenvalue weighted by atomic mass is 32.2. The molecule has 0 spiro atoms. The van der Waals surface area contributed by atoms with Gasteiger partial charge in [0.2, 0.25) is 21.8 Å². The van der Waals surface area contributed by atoms with Crippen molar-refractivity contribution in [3.05, 3.63) is 65.7 Å². The monoisotopic (exact) mass is 459 g/mol. The second-order valence-electron chi connectivity index (χ2n) is 7.76.